The maximum atomic E-state index is 13.1. The summed E-state index contributed by atoms with van der Waals surface area (Å²) in [7, 11) is 1.62. The van der Waals surface area contributed by atoms with Crippen LogP contribution in [0.2, 0.25) is 0 Å². The van der Waals surface area contributed by atoms with Crippen LogP contribution in [-0.2, 0) is 13.5 Å². The van der Waals surface area contributed by atoms with E-state index in [1.54, 1.807) is 25.5 Å². The zero-order valence-electron chi connectivity index (χ0n) is 18.4. The number of oxazole rings is 1. The number of rotatable bonds is 3. The first kappa shape index (κ1) is 20.2. The van der Waals surface area contributed by atoms with Crippen molar-refractivity contribution in [1.29, 1.82) is 0 Å². The van der Waals surface area contributed by atoms with Crippen LogP contribution in [-0.4, -0.2) is 31.2 Å². The first-order valence-electron chi connectivity index (χ1n) is 11.0. The molecule has 34 heavy (non-hydrogen) atoms. The maximum Gasteiger partial charge on any atom is 0.297 e. The Balaban J connectivity index is 1.55. The largest absolute Gasteiger partial charge is 0.501 e. The third-order valence-corrected chi connectivity index (χ3v) is 6.29. The van der Waals surface area contributed by atoms with Gasteiger partial charge in [0.2, 0.25) is 11.7 Å². The first-order valence-corrected chi connectivity index (χ1v) is 11.0. The highest BCUT2D eigenvalue weighted by molar-refractivity contribution is 5.75. The maximum absolute atomic E-state index is 13.1. The van der Waals surface area contributed by atoms with Gasteiger partial charge in [-0.1, -0.05) is 54.6 Å². The lowest BCUT2D eigenvalue weighted by Crippen LogP contribution is -2.40. The monoisotopic (exact) mass is 451 g/mol. The molecule has 1 unspecified atom stereocenters. The Bertz CT molecular complexity index is 1540. The van der Waals surface area contributed by atoms with Crippen LogP contribution in [0.5, 0.6) is 5.75 Å². The van der Waals surface area contributed by atoms with Gasteiger partial charge < -0.3 is 14.4 Å². The van der Waals surface area contributed by atoms with Crippen molar-refractivity contribution in [1.82, 2.24) is 19.5 Å². The van der Waals surface area contributed by atoms with Crippen molar-refractivity contribution >= 4 is 17.0 Å². The summed E-state index contributed by atoms with van der Waals surface area (Å²) in [6, 6.07) is 20.0. The lowest BCUT2D eigenvalue weighted by molar-refractivity contribution is 0.454. The highest BCUT2D eigenvalue weighted by Gasteiger charge is 2.32. The van der Waals surface area contributed by atoms with Crippen LogP contribution in [0, 0.1) is 0 Å². The summed E-state index contributed by atoms with van der Waals surface area (Å²) in [5.74, 6) is 0.00842. The minimum atomic E-state index is -0.564. The van der Waals surface area contributed by atoms with Crippen molar-refractivity contribution < 1.29 is 9.52 Å². The van der Waals surface area contributed by atoms with Crippen molar-refractivity contribution in [3.63, 3.8) is 0 Å². The Morgan fingerprint density at radius 2 is 1.82 bits per heavy atom. The average Bonchev–Trinajstić information content (AvgIpc) is 3.31. The predicted molar refractivity (Wildman–Crippen MR) is 128 cm³/mol. The van der Waals surface area contributed by atoms with Crippen molar-refractivity contribution in [2.45, 2.75) is 12.5 Å². The van der Waals surface area contributed by atoms with E-state index in [9.17, 15) is 9.90 Å². The molecule has 168 valence electrons. The second-order valence-electron chi connectivity index (χ2n) is 8.29. The van der Waals surface area contributed by atoms with Gasteiger partial charge in [-0.3, -0.25) is 14.3 Å². The molecule has 0 spiro atoms. The molecule has 1 atom stereocenters. The zero-order chi connectivity index (χ0) is 23.2. The topological polar surface area (TPSA) is 97.3 Å². The zero-order valence-corrected chi connectivity index (χ0v) is 18.4. The van der Waals surface area contributed by atoms with Crippen molar-refractivity contribution in [2.24, 2.45) is 7.05 Å². The molecule has 0 fully saturated rings. The summed E-state index contributed by atoms with van der Waals surface area (Å²) in [6.07, 6.45) is 3.96. The molecule has 0 saturated heterocycles. The van der Waals surface area contributed by atoms with Crippen molar-refractivity contribution in [3.8, 4) is 17.3 Å². The smallest absolute Gasteiger partial charge is 0.297 e. The highest BCUT2D eigenvalue weighted by atomic mass is 16.4. The van der Waals surface area contributed by atoms with E-state index in [-0.39, 0.29) is 17.6 Å². The summed E-state index contributed by atoms with van der Waals surface area (Å²) < 4.78 is 7.18. The number of nitrogens with zero attached hydrogens (tertiary/aromatic N) is 5. The number of pyridine rings is 1. The van der Waals surface area contributed by atoms with Crippen LogP contribution >= 0.6 is 0 Å². The normalized spacial score (nSPS) is 15.4. The molecule has 1 aliphatic rings. The molecule has 2 aromatic carbocycles. The lowest BCUT2D eigenvalue weighted by Gasteiger charge is -2.39. The Morgan fingerprint density at radius 3 is 2.65 bits per heavy atom. The van der Waals surface area contributed by atoms with E-state index < -0.39 is 11.3 Å². The molecule has 0 saturated carbocycles. The van der Waals surface area contributed by atoms with E-state index in [0.29, 0.717) is 23.6 Å². The van der Waals surface area contributed by atoms with Gasteiger partial charge in [-0.2, -0.15) is 0 Å². The Hall–Kier alpha value is -4.46. The highest BCUT2D eigenvalue weighted by Crippen LogP contribution is 2.38. The SMILES string of the molecule is Cn1c(N2CCc3ccccc3C2c2ccccc2)nc(-c2nc3cnccc3o2)c(O)c1=O. The minimum Gasteiger partial charge on any atom is -0.501 e. The third-order valence-electron chi connectivity index (χ3n) is 6.29. The standard InChI is InChI=1S/C26H21N5O3/c1-30-25(33)23(32)21(24-28-19-15-27-13-11-20(19)34-24)29-26(30)31-14-12-16-7-5-6-10-18(16)22(31)17-8-3-2-4-9-17/h2-11,13,15,22,32H,12,14H2,1H3. The van der Waals surface area contributed by atoms with E-state index in [0.717, 1.165) is 17.5 Å². The molecule has 6 rings (SSSR count). The summed E-state index contributed by atoms with van der Waals surface area (Å²) in [5, 5.41) is 10.7. The van der Waals surface area contributed by atoms with Crippen LogP contribution in [0.25, 0.3) is 22.7 Å². The van der Waals surface area contributed by atoms with Gasteiger partial charge in [0, 0.05) is 25.9 Å². The Morgan fingerprint density at radius 1 is 1.03 bits per heavy atom. The molecule has 1 N–H and O–H groups in total. The molecular formula is C26H21N5O3. The van der Waals surface area contributed by atoms with Gasteiger partial charge in [-0.15, -0.1) is 0 Å². The van der Waals surface area contributed by atoms with E-state index in [1.807, 2.05) is 30.3 Å². The fourth-order valence-electron chi connectivity index (χ4n) is 4.64. The molecular weight excluding hydrogens is 430 g/mol. The minimum absolute atomic E-state index is 0.0139. The van der Waals surface area contributed by atoms with E-state index in [4.69, 9.17) is 9.40 Å². The number of aromatic nitrogens is 4. The van der Waals surface area contributed by atoms with Gasteiger partial charge in [0.1, 0.15) is 5.52 Å². The second kappa shape index (κ2) is 7.84. The number of benzene rings is 2. The van der Waals surface area contributed by atoms with Crippen LogP contribution in [0.4, 0.5) is 5.95 Å². The third kappa shape index (κ3) is 3.14. The van der Waals surface area contributed by atoms with Gasteiger partial charge in [-0.05, 0) is 23.1 Å². The number of aromatic hydroxyl groups is 1. The summed E-state index contributed by atoms with van der Waals surface area (Å²) in [4.78, 5) is 28.4. The van der Waals surface area contributed by atoms with Gasteiger partial charge in [0.25, 0.3) is 11.4 Å². The molecule has 0 amide bonds. The molecule has 8 heteroatoms. The number of hydrogen-bond donors (Lipinski definition) is 1. The number of hydrogen-bond acceptors (Lipinski definition) is 7. The lowest BCUT2D eigenvalue weighted by atomic mass is 9.88. The fourth-order valence-corrected chi connectivity index (χ4v) is 4.64. The molecule has 3 aromatic heterocycles. The molecule has 5 aromatic rings. The predicted octanol–water partition coefficient (Wildman–Crippen LogP) is 3.84. The van der Waals surface area contributed by atoms with Gasteiger partial charge in [0.15, 0.2) is 11.3 Å². The molecule has 8 nitrogen and oxygen atoms in total. The Kier molecular flexibility index (Phi) is 4.65. The van der Waals surface area contributed by atoms with Crippen LogP contribution in [0.15, 0.2) is 82.3 Å². The van der Waals surface area contributed by atoms with Crippen molar-refractivity contribution in [3.05, 3.63) is 100 Å². The van der Waals surface area contributed by atoms with Gasteiger partial charge >= 0.3 is 0 Å². The molecule has 0 bridgehead atoms. The number of anilines is 1. The average molecular weight is 451 g/mol. The molecule has 0 aliphatic carbocycles. The Labute approximate surface area is 194 Å². The summed E-state index contributed by atoms with van der Waals surface area (Å²) >= 11 is 0. The first-order chi connectivity index (χ1) is 16.6. The summed E-state index contributed by atoms with van der Waals surface area (Å²) in [5.41, 5.74) is 4.00. The fraction of sp³-hybridized carbons (Fsp3) is 0.154. The summed E-state index contributed by atoms with van der Waals surface area (Å²) in [6.45, 7) is 0.651. The molecule has 1 aliphatic heterocycles. The molecule has 0 radical (unpaired) electrons. The van der Waals surface area contributed by atoms with E-state index >= 15 is 0 Å². The van der Waals surface area contributed by atoms with Gasteiger partial charge in [-0.25, -0.2) is 9.97 Å². The number of fused-ring (bicyclic) bond motifs is 2. The van der Waals surface area contributed by atoms with Crippen LogP contribution in [0.3, 0.4) is 0 Å². The second-order valence-corrected chi connectivity index (χ2v) is 8.29. The van der Waals surface area contributed by atoms with E-state index in [1.165, 1.54) is 10.1 Å². The molecule has 4 heterocycles. The van der Waals surface area contributed by atoms with Crippen LogP contribution in [0.1, 0.15) is 22.7 Å². The quantitative estimate of drug-likeness (QED) is 0.445. The van der Waals surface area contributed by atoms with Crippen molar-refractivity contribution in [2.75, 3.05) is 11.4 Å². The van der Waals surface area contributed by atoms with Crippen LogP contribution < -0.4 is 10.5 Å². The van der Waals surface area contributed by atoms with Gasteiger partial charge in [0.05, 0.1) is 12.2 Å². The van der Waals surface area contributed by atoms with E-state index in [2.05, 4.69) is 39.1 Å².